The van der Waals surface area contributed by atoms with Gasteiger partial charge in [-0.2, -0.15) is 0 Å². The minimum absolute atomic E-state index is 0.0255. The first kappa shape index (κ1) is 7.47. The minimum atomic E-state index is -0.475. The second-order valence-corrected chi connectivity index (χ2v) is 1.94. The van der Waals surface area contributed by atoms with Crippen LogP contribution in [0.25, 0.3) is 6.08 Å². The molecular weight excluding hydrogens is 142 g/mol. The smallest absolute Gasteiger partial charge is 0.258 e. The third kappa shape index (κ3) is 1.43. The molecule has 1 aromatic carbocycles. The third-order valence-electron chi connectivity index (χ3n) is 1.27. The molecule has 1 aromatic rings. The van der Waals surface area contributed by atoms with Crippen molar-refractivity contribution in [2.45, 2.75) is 0 Å². The summed E-state index contributed by atoms with van der Waals surface area (Å²) in [5, 5.41) is 10.3. The first-order valence-electron chi connectivity index (χ1n) is 3.03. The number of para-hydroxylation sites is 1. The Bertz CT molecular complexity index is 294. The van der Waals surface area contributed by atoms with Gasteiger partial charge in [0, 0.05) is 0 Å². The van der Waals surface area contributed by atoms with Crippen molar-refractivity contribution >= 4 is 11.8 Å². The normalized spacial score (nSPS) is 9.09. The Kier molecular flexibility index (Phi) is 2.01. The van der Waals surface area contributed by atoms with E-state index in [4.69, 9.17) is 0 Å². The van der Waals surface area contributed by atoms with Crippen molar-refractivity contribution in [2.75, 3.05) is 0 Å². The topological polar surface area (TPSA) is 43.1 Å². The van der Waals surface area contributed by atoms with Crippen molar-refractivity contribution in [3.8, 4) is 0 Å². The molecule has 3 heteroatoms. The van der Waals surface area contributed by atoms with Crippen LogP contribution in [0.15, 0.2) is 24.8 Å². The molecule has 0 unspecified atom stereocenters. The molecule has 0 atom stereocenters. The van der Waals surface area contributed by atoms with Gasteiger partial charge in [0.1, 0.15) is 0 Å². The van der Waals surface area contributed by atoms with Crippen LogP contribution in [0.5, 0.6) is 0 Å². The summed E-state index contributed by atoms with van der Waals surface area (Å²) in [6.45, 7) is 3.45. The molecule has 0 N–H and O–H groups in total. The zero-order valence-corrected chi connectivity index (χ0v) is 5.78. The molecule has 11 heavy (non-hydrogen) atoms. The standard InChI is InChI=1S/C8H6NO2/c1-2-7-5-3-4-6-8(7)9(10)11/h2-5H,1H2. The molecule has 0 fully saturated rings. The van der Waals surface area contributed by atoms with Crippen LogP contribution in [0.4, 0.5) is 5.69 Å². The summed E-state index contributed by atoms with van der Waals surface area (Å²) >= 11 is 0. The van der Waals surface area contributed by atoms with Crippen LogP contribution >= 0.6 is 0 Å². The largest absolute Gasteiger partial charge is 0.284 e. The highest BCUT2D eigenvalue weighted by molar-refractivity contribution is 5.58. The molecular formula is C8H6NO2. The van der Waals surface area contributed by atoms with Crippen LogP contribution in [0.2, 0.25) is 0 Å². The van der Waals surface area contributed by atoms with Crippen molar-refractivity contribution in [2.24, 2.45) is 0 Å². The number of hydrogen-bond donors (Lipinski definition) is 0. The van der Waals surface area contributed by atoms with E-state index in [2.05, 4.69) is 12.6 Å². The summed E-state index contributed by atoms with van der Waals surface area (Å²) in [5.74, 6) is 0. The van der Waals surface area contributed by atoms with Gasteiger partial charge in [-0.25, -0.2) is 0 Å². The van der Waals surface area contributed by atoms with Gasteiger partial charge in [0.15, 0.2) is 0 Å². The van der Waals surface area contributed by atoms with Gasteiger partial charge in [-0.05, 0) is 12.1 Å². The van der Waals surface area contributed by atoms with Crippen LogP contribution in [-0.2, 0) is 0 Å². The van der Waals surface area contributed by atoms with Crippen molar-refractivity contribution in [1.29, 1.82) is 0 Å². The van der Waals surface area contributed by atoms with Crippen LogP contribution in [0.1, 0.15) is 5.56 Å². The second-order valence-electron chi connectivity index (χ2n) is 1.94. The van der Waals surface area contributed by atoms with Crippen molar-refractivity contribution in [1.82, 2.24) is 0 Å². The molecule has 0 heterocycles. The third-order valence-corrected chi connectivity index (χ3v) is 1.27. The van der Waals surface area contributed by atoms with Gasteiger partial charge in [-0.15, -0.1) is 0 Å². The Morgan fingerprint density at radius 2 is 2.45 bits per heavy atom. The molecule has 0 aliphatic heterocycles. The summed E-state index contributed by atoms with van der Waals surface area (Å²) in [7, 11) is 0. The Labute approximate surface area is 64.1 Å². The van der Waals surface area contributed by atoms with Crippen LogP contribution in [-0.4, -0.2) is 4.92 Å². The van der Waals surface area contributed by atoms with E-state index in [0.29, 0.717) is 5.56 Å². The highest BCUT2D eigenvalue weighted by atomic mass is 16.6. The van der Waals surface area contributed by atoms with E-state index in [-0.39, 0.29) is 5.69 Å². The summed E-state index contributed by atoms with van der Waals surface area (Å²) in [6.07, 6.45) is 1.44. The van der Waals surface area contributed by atoms with Crippen molar-refractivity contribution in [3.05, 3.63) is 46.5 Å². The first-order chi connectivity index (χ1) is 5.25. The molecule has 3 nitrogen and oxygen atoms in total. The van der Waals surface area contributed by atoms with Crippen LogP contribution in [0, 0.1) is 16.2 Å². The molecule has 0 saturated carbocycles. The number of nitro groups is 1. The highest BCUT2D eigenvalue weighted by Crippen LogP contribution is 2.16. The molecule has 0 aliphatic rings. The first-order valence-corrected chi connectivity index (χ1v) is 3.03. The fraction of sp³-hybridized carbons (Fsp3) is 0. The van der Waals surface area contributed by atoms with E-state index in [0.717, 1.165) is 0 Å². The summed E-state index contributed by atoms with van der Waals surface area (Å²) in [4.78, 5) is 9.83. The molecule has 55 valence electrons. The van der Waals surface area contributed by atoms with Crippen LogP contribution < -0.4 is 0 Å². The second kappa shape index (κ2) is 2.96. The minimum Gasteiger partial charge on any atom is -0.258 e. The lowest BCUT2D eigenvalue weighted by Crippen LogP contribution is -1.90. The van der Waals surface area contributed by atoms with E-state index in [1.807, 2.05) is 0 Å². The number of nitrogens with zero attached hydrogens (tertiary/aromatic N) is 1. The van der Waals surface area contributed by atoms with Gasteiger partial charge in [-0.1, -0.05) is 18.7 Å². The molecule has 1 rings (SSSR count). The van der Waals surface area contributed by atoms with E-state index >= 15 is 0 Å². The fourth-order valence-electron chi connectivity index (χ4n) is 0.764. The molecule has 0 amide bonds. The number of nitro benzene ring substituents is 1. The maximum atomic E-state index is 10.3. The Balaban J connectivity index is 3.22. The van der Waals surface area contributed by atoms with E-state index in [1.54, 1.807) is 12.1 Å². The maximum absolute atomic E-state index is 10.3. The summed E-state index contributed by atoms with van der Waals surface area (Å²) in [6, 6.07) is 7.33. The average molecular weight is 148 g/mol. The van der Waals surface area contributed by atoms with Crippen molar-refractivity contribution < 1.29 is 4.92 Å². The molecule has 0 spiro atoms. The zero-order chi connectivity index (χ0) is 8.27. The van der Waals surface area contributed by atoms with Crippen molar-refractivity contribution in [3.63, 3.8) is 0 Å². The van der Waals surface area contributed by atoms with Gasteiger partial charge >= 0.3 is 0 Å². The van der Waals surface area contributed by atoms with Crippen LogP contribution in [0.3, 0.4) is 0 Å². The van der Waals surface area contributed by atoms with Gasteiger partial charge in [0.05, 0.1) is 16.6 Å². The highest BCUT2D eigenvalue weighted by Gasteiger charge is 2.08. The monoisotopic (exact) mass is 148 g/mol. The predicted octanol–water partition coefficient (Wildman–Crippen LogP) is 2.04. The lowest BCUT2D eigenvalue weighted by atomic mass is 10.2. The molecule has 0 aliphatic carbocycles. The van der Waals surface area contributed by atoms with Gasteiger partial charge in [-0.3, -0.25) is 10.1 Å². The number of hydrogen-bond acceptors (Lipinski definition) is 2. The Morgan fingerprint density at radius 3 is 2.91 bits per heavy atom. The predicted molar refractivity (Wildman–Crippen MR) is 42.0 cm³/mol. The van der Waals surface area contributed by atoms with Gasteiger partial charge in [0.2, 0.25) is 0 Å². The molecule has 0 aromatic heterocycles. The number of benzene rings is 1. The SMILES string of the molecule is C=Cc1ccc[c]c1[N+](=O)[O-]. The Morgan fingerprint density at radius 1 is 1.73 bits per heavy atom. The quantitative estimate of drug-likeness (QED) is 0.475. The van der Waals surface area contributed by atoms with E-state index < -0.39 is 4.92 Å². The average Bonchev–Trinajstić information content (AvgIpc) is 2.04. The lowest BCUT2D eigenvalue weighted by molar-refractivity contribution is -0.385. The maximum Gasteiger partial charge on any atom is 0.284 e. The molecule has 1 radical (unpaired) electrons. The molecule has 0 saturated heterocycles. The fourth-order valence-corrected chi connectivity index (χ4v) is 0.764. The van der Waals surface area contributed by atoms with E-state index in [1.165, 1.54) is 12.1 Å². The summed E-state index contributed by atoms with van der Waals surface area (Å²) < 4.78 is 0. The Hall–Kier alpha value is -1.64. The van der Waals surface area contributed by atoms with E-state index in [9.17, 15) is 10.1 Å². The molecule has 0 bridgehead atoms. The zero-order valence-electron chi connectivity index (χ0n) is 5.78. The van der Waals surface area contributed by atoms with Gasteiger partial charge in [0.25, 0.3) is 5.69 Å². The number of rotatable bonds is 2. The van der Waals surface area contributed by atoms with Gasteiger partial charge < -0.3 is 0 Å². The lowest BCUT2D eigenvalue weighted by Gasteiger charge is -1.93. The summed E-state index contributed by atoms with van der Waals surface area (Å²) in [5.41, 5.74) is 0.472.